The van der Waals surface area contributed by atoms with Crippen LogP contribution >= 0.6 is 0 Å². The van der Waals surface area contributed by atoms with Crippen molar-refractivity contribution in [3.63, 3.8) is 0 Å². The molecule has 2 heterocycles. The number of carbonyl (C=O) groups excluding carboxylic acids is 1. The van der Waals surface area contributed by atoms with Gasteiger partial charge in [0.2, 0.25) is 0 Å². The monoisotopic (exact) mass is 347 g/mol. The van der Waals surface area contributed by atoms with Gasteiger partial charge in [-0.3, -0.25) is 4.79 Å². The van der Waals surface area contributed by atoms with E-state index in [1.807, 2.05) is 28.8 Å². The van der Waals surface area contributed by atoms with Crippen LogP contribution in [-0.2, 0) is 12.7 Å². The first kappa shape index (κ1) is 17.0. The summed E-state index contributed by atoms with van der Waals surface area (Å²) in [6.45, 7) is 2.42. The number of amides is 1. The van der Waals surface area contributed by atoms with E-state index >= 15 is 0 Å². The van der Waals surface area contributed by atoms with Crippen LogP contribution in [0.5, 0.6) is 0 Å². The summed E-state index contributed by atoms with van der Waals surface area (Å²) in [6.07, 6.45) is -0.980. The number of nitrogens with zero attached hydrogens (tertiary/aromatic N) is 3. The van der Waals surface area contributed by atoms with E-state index in [1.165, 1.54) is 17.0 Å². The molecule has 0 saturated heterocycles. The van der Waals surface area contributed by atoms with Gasteiger partial charge < -0.3 is 9.30 Å². The molecule has 130 valence electrons. The van der Waals surface area contributed by atoms with E-state index in [2.05, 4.69) is 4.98 Å². The zero-order valence-electron chi connectivity index (χ0n) is 13.5. The third-order valence-corrected chi connectivity index (χ3v) is 3.95. The molecule has 3 rings (SSSR count). The molecule has 0 saturated carbocycles. The van der Waals surface area contributed by atoms with E-state index in [-0.39, 0.29) is 12.1 Å². The molecule has 0 aliphatic carbocycles. The zero-order chi connectivity index (χ0) is 18.0. The topological polar surface area (TPSA) is 37.6 Å². The quantitative estimate of drug-likeness (QED) is 0.715. The molecule has 4 nitrogen and oxygen atoms in total. The summed E-state index contributed by atoms with van der Waals surface area (Å²) >= 11 is 0. The maximum absolute atomic E-state index is 12.9. The Hall–Kier alpha value is -2.83. The van der Waals surface area contributed by atoms with E-state index in [4.69, 9.17) is 0 Å². The molecule has 0 aliphatic heterocycles. The molecule has 0 bridgehead atoms. The lowest BCUT2D eigenvalue weighted by Gasteiger charge is -2.21. The molecule has 0 unspecified atom stereocenters. The smallest absolute Gasteiger partial charge is 0.333 e. The fourth-order valence-corrected chi connectivity index (χ4v) is 2.64. The van der Waals surface area contributed by atoms with E-state index in [1.54, 1.807) is 13.1 Å². The first-order valence-electron chi connectivity index (χ1n) is 7.77. The minimum absolute atomic E-state index is 0.0190. The molecule has 0 aliphatic rings. The number of rotatable bonds is 4. The summed E-state index contributed by atoms with van der Waals surface area (Å²) in [6, 6.07) is 10.0. The van der Waals surface area contributed by atoms with Crippen LogP contribution in [0.4, 0.5) is 13.2 Å². The highest BCUT2D eigenvalue weighted by Crippen LogP contribution is 2.29. The SMILES string of the molecule is CCN(Cc1cnc2ccccn12)C(=O)c1cccc(C(F)(F)F)c1. The summed E-state index contributed by atoms with van der Waals surface area (Å²) in [5.74, 6) is -0.445. The second-order valence-corrected chi connectivity index (χ2v) is 5.58. The molecule has 1 aromatic carbocycles. The molecular formula is C18H16F3N3O. The van der Waals surface area contributed by atoms with Gasteiger partial charge in [-0.05, 0) is 37.3 Å². The first-order chi connectivity index (χ1) is 11.9. The average Bonchev–Trinajstić information content (AvgIpc) is 3.01. The predicted molar refractivity (Wildman–Crippen MR) is 87.1 cm³/mol. The van der Waals surface area contributed by atoms with Gasteiger partial charge in [-0.15, -0.1) is 0 Å². The lowest BCUT2D eigenvalue weighted by Crippen LogP contribution is -2.31. The molecule has 7 heteroatoms. The van der Waals surface area contributed by atoms with E-state index in [0.29, 0.717) is 6.54 Å². The number of pyridine rings is 1. The van der Waals surface area contributed by atoms with Crippen molar-refractivity contribution in [3.05, 3.63) is 71.7 Å². The van der Waals surface area contributed by atoms with Crippen LogP contribution in [0.25, 0.3) is 5.65 Å². The Labute approximate surface area is 142 Å². The van der Waals surface area contributed by atoms with Gasteiger partial charge >= 0.3 is 6.18 Å². The van der Waals surface area contributed by atoms with Crippen molar-refractivity contribution in [2.24, 2.45) is 0 Å². The molecule has 0 fully saturated rings. The maximum atomic E-state index is 12.9. The number of aromatic nitrogens is 2. The van der Waals surface area contributed by atoms with Crippen LogP contribution in [0.2, 0.25) is 0 Å². The zero-order valence-corrected chi connectivity index (χ0v) is 13.5. The van der Waals surface area contributed by atoms with Gasteiger partial charge in [-0.1, -0.05) is 12.1 Å². The molecule has 0 radical (unpaired) electrons. The Morgan fingerprint density at radius 3 is 2.72 bits per heavy atom. The standard InChI is InChI=1S/C18H16F3N3O/c1-2-23(12-15-11-22-16-8-3-4-9-24(15)16)17(25)13-6-5-7-14(10-13)18(19,20)21/h3-11H,2,12H2,1H3. The fourth-order valence-electron chi connectivity index (χ4n) is 2.64. The second kappa shape index (κ2) is 6.58. The molecule has 1 amide bonds. The number of hydrogen-bond acceptors (Lipinski definition) is 2. The third-order valence-electron chi connectivity index (χ3n) is 3.95. The number of halogens is 3. The van der Waals surface area contributed by atoms with Gasteiger partial charge in [-0.2, -0.15) is 13.2 Å². The van der Waals surface area contributed by atoms with Gasteiger partial charge in [-0.25, -0.2) is 4.98 Å². The van der Waals surface area contributed by atoms with Gasteiger partial charge in [0.25, 0.3) is 5.91 Å². The molecular weight excluding hydrogens is 331 g/mol. The lowest BCUT2D eigenvalue weighted by atomic mass is 10.1. The van der Waals surface area contributed by atoms with Crippen molar-refractivity contribution in [1.82, 2.24) is 14.3 Å². The summed E-state index contributed by atoms with van der Waals surface area (Å²) in [4.78, 5) is 18.4. The Bertz CT molecular complexity index is 902. The highest BCUT2D eigenvalue weighted by Gasteiger charge is 2.31. The molecule has 0 N–H and O–H groups in total. The molecule has 0 spiro atoms. The largest absolute Gasteiger partial charge is 0.416 e. The van der Waals surface area contributed by atoms with Gasteiger partial charge in [0.15, 0.2) is 0 Å². The normalized spacial score (nSPS) is 11.7. The summed E-state index contributed by atoms with van der Waals surface area (Å²) in [5.41, 5.74) is 0.729. The Morgan fingerprint density at radius 2 is 2.00 bits per heavy atom. The third kappa shape index (κ3) is 3.50. The van der Waals surface area contributed by atoms with Crippen molar-refractivity contribution in [2.45, 2.75) is 19.6 Å². The minimum Gasteiger partial charge on any atom is -0.333 e. The maximum Gasteiger partial charge on any atom is 0.416 e. The number of benzene rings is 1. The number of alkyl halides is 3. The minimum atomic E-state index is -4.48. The van der Waals surface area contributed by atoms with Crippen molar-refractivity contribution >= 4 is 11.6 Å². The highest BCUT2D eigenvalue weighted by molar-refractivity contribution is 5.94. The van der Waals surface area contributed by atoms with E-state index in [9.17, 15) is 18.0 Å². The van der Waals surface area contributed by atoms with Crippen molar-refractivity contribution in [2.75, 3.05) is 6.54 Å². The van der Waals surface area contributed by atoms with Crippen LogP contribution in [-0.4, -0.2) is 26.7 Å². The molecule has 2 aromatic heterocycles. The molecule has 0 atom stereocenters. The average molecular weight is 347 g/mol. The van der Waals surface area contributed by atoms with Crippen molar-refractivity contribution in [1.29, 1.82) is 0 Å². The predicted octanol–water partition coefficient (Wildman–Crippen LogP) is 4.02. The van der Waals surface area contributed by atoms with Crippen LogP contribution < -0.4 is 0 Å². The number of carbonyl (C=O) groups is 1. The van der Waals surface area contributed by atoms with Crippen molar-refractivity contribution in [3.8, 4) is 0 Å². The number of fused-ring (bicyclic) bond motifs is 1. The van der Waals surface area contributed by atoms with Gasteiger partial charge in [0.05, 0.1) is 24.0 Å². The van der Waals surface area contributed by atoms with Crippen molar-refractivity contribution < 1.29 is 18.0 Å². The molecule has 3 aromatic rings. The van der Waals surface area contributed by atoms with Crippen LogP contribution in [0.1, 0.15) is 28.5 Å². The lowest BCUT2D eigenvalue weighted by molar-refractivity contribution is -0.137. The summed E-state index contributed by atoms with van der Waals surface area (Å²) in [5, 5.41) is 0. The van der Waals surface area contributed by atoms with Gasteiger partial charge in [0.1, 0.15) is 5.65 Å². The Kier molecular flexibility index (Phi) is 4.48. The Morgan fingerprint density at radius 1 is 1.20 bits per heavy atom. The number of hydrogen-bond donors (Lipinski definition) is 0. The second-order valence-electron chi connectivity index (χ2n) is 5.58. The molecule has 25 heavy (non-hydrogen) atoms. The van der Waals surface area contributed by atoms with Gasteiger partial charge in [0, 0.05) is 18.3 Å². The van der Waals surface area contributed by atoms with Crippen LogP contribution in [0.3, 0.4) is 0 Å². The highest BCUT2D eigenvalue weighted by atomic mass is 19.4. The van der Waals surface area contributed by atoms with Crippen LogP contribution in [0.15, 0.2) is 54.9 Å². The van der Waals surface area contributed by atoms with E-state index in [0.717, 1.165) is 23.5 Å². The fraction of sp³-hybridized carbons (Fsp3) is 0.222. The summed E-state index contributed by atoms with van der Waals surface area (Å²) < 4.78 is 40.4. The first-order valence-corrected chi connectivity index (χ1v) is 7.77. The number of imidazole rings is 1. The Balaban J connectivity index is 1.87. The van der Waals surface area contributed by atoms with E-state index < -0.39 is 17.6 Å². The summed E-state index contributed by atoms with van der Waals surface area (Å²) in [7, 11) is 0. The van der Waals surface area contributed by atoms with Crippen LogP contribution in [0, 0.1) is 0 Å².